The molecule has 2 nitrogen and oxygen atoms in total. The van der Waals surface area contributed by atoms with E-state index in [1.807, 2.05) is 0 Å². The summed E-state index contributed by atoms with van der Waals surface area (Å²) in [6, 6.07) is 0.726. The van der Waals surface area contributed by atoms with E-state index in [0.717, 1.165) is 24.5 Å². The van der Waals surface area contributed by atoms with Gasteiger partial charge in [0, 0.05) is 19.8 Å². The molecule has 1 saturated carbocycles. The maximum Gasteiger partial charge on any atom is 0.0490 e. The molecule has 0 saturated heterocycles. The number of rotatable bonds is 4. The van der Waals surface area contributed by atoms with Crippen LogP contribution in [0.5, 0.6) is 0 Å². The van der Waals surface area contributed by atoms with E-state index < -0.39 is 0 Å². The first-order valence-corrected chi connectivity index (χ1v) is 5.37. The molecule has 0 radical (unpaired) electrons. The van der Waals surface area contributed by atoms with Crippen LogP contribution < -0.4 is 5.32 Å². The second-order valence-corrected chi connectivity index (χ2v) is 4.43. The van der Waals surface area contributed by atoms with Crippen molar-refractivity contribution in [1.82, 2.24) is 5.32 Å². The predicted octanol–water partition coefficient (Wildman–Crippen LogP) is 1.90. The maximum atomic E-state index is 5.21. The van der Waals surface area contributed by atoms with E-state index in [-0.39, 0.29) is 0 Å². The minimum absolute atomic E-state index is 0.707. The number of methoxy groups -OCH3 is 1. The Morgan fingerprint density at radius 1 is 1.46 bits per heavy atom. The summed E-state index contributed by atoms with van der Waals surface area (Å²) in [5, 5.41) is 3.40. The van der Waals surface area contributed by atoms with Gasteiger partial charge in [0.15, 0.2) is 0 Å². The third-order valence-electron chi connectivity index (χ3n) is 3.65. The van der Waals surface area contributed by atoms with E-state index in [1.54, 1.807) is 7.11 Å². The van der Waals surface area contributed by atoms with E-state index in [0.29, 0.717) is 5.92 Å². The normalized spacial score (nSPS) is 36.5. The summed E-state index contributed by atoms with van der Waals surface area (Å²) in [4.78, 5) is 0. The molecule has 4 atom stereocenters. The molecule has 2 heteroatoms. The van der Waals surface area contributed by atoms with Gasteiger partial charge in [-0.3, -0.25) is 0 Å². The first-order chi connectivity index (χ1) is 6.20. The second-order valence-electron chi connectivity index (χ2n) is 4.43. The monoisotopic (exact) mass is 185 g/mol. The quantitative estimate of drug-likeness (QED) is 0.722. The summed E-state index contributed by atoms with van der Waals surface area (Å²) < 4.78 is 5.21. The highest BCUT2D eigenvalue weighted by molar-refractivity contribution is 4.88. The Hall–Kier alpha value is -0.0800. The van der Waals surface area contributed by atoms with Gasteiger partial charge in [-0.2, -0.15) is 0 Å². The van der Waals surface area contributed by atoms with E-state index in [2.05, 4.69) is 26.2 Å². The molecule has 1 rings (SSSR count). The first kappa shape index (κ1) is 11.0. The fourth-order valence-electron chi connectivity index (χ4n) is 2.79. The van der Waals surface area contributed by atoms with E-state index in [1.165, 1.54) is 12.8 Å². The van der Waals surface area contributed by atoms with Crippen LogP contribution in [0.2, 0.25) is 0 Å². The van der Waals surface area contributed by atoms with Gasteiger partial charge in [0.05, 0.1) is 0 Å². The highest BCUT2D eigenvalue weighted by Crippen LogP contribution is 2.36. The van der Waals surface area contributed by atoms with Crippen molar-refractivity contribution in [1.29, 1.82) is 0 Å². The van der Waals surface area contributed by atoms with Crippen molar-refractivity contribution < 1.29 is 4.74 Å². The molecule has 0 amide bonds. The molecular weight excluding hydrogens is 162 g/mol. The summed E-state index contributed by atoms with van der Waals surface area (Å²) in [5.41, 5.74) is 0. The van der Waals surface area contributed by atoms with E-state index in [9.17, 15) is 0 Å². The summed E-state index contributed by atoms with van der Waals surface area (Å²) in [6.45, 7) is 5.58. The molecular formula is C11H23NO. The van der Waals surface area contributed by atoms with Crippen LogP contribution in [0.1, 0.15) is 26.7 Å². The van der Waals surface area contributed by atoms with Crippen LogP contribution in [0.25, 0.3) is 0 Å². The van der Waals surface area contributed by atoms with E-state index in [4.69, 9.17) is 4.74 Å². The van der Waals surface area contributed by atoms with Gasteiger partial charge in [0.2, 0.25) is 0 Å². The Balaban J connectivity index is 2.43. The average molecular weight is 185 g/mol. The predicted molar refractivity (Wildman–Crippen MR) is 55.8 cm³/mol. The minimum Gasteiger partial charge on any atom is -0.384 e. The fourth-order valence-corrected chi connectivity index (χ4v) is 2.79. The van der Waals surface area contributed by atoms with Gasteiger partial charge >= 0.3 is 0 Å². The van der Waals surface area contributed by atoms with E-state index >= 15 is 0 Å². The lowest BCUT2D eigenvalue weighted by Crippen LogP contribution is -2.31. The highest BCUT2D eigenvalue weighted by Gasteiger charge is 2.34. The Morgan fingerprint density at radius 2 is 2.15 bits per heavy atom. The molecule has 1 N–H and O–H groups in total. The Labute approximate surface area is 82.0 Å². The van der Waals surface area contributed by atoms with Crippen LogP contribution in [0, 0.1) is 17.8 Å². The molecule has 0 aromatic rings. The molecule has 13 heavy (non-hydrogen) atoms. The standard InChI is InChI=1S/C11H23NO/c1-8(7-13-4)10-5-6-11(12-3)9(10)2/h8-12H,5-7H2,1-4H3. The zero-order valence-electron chi connectivity index (χ0n) is 9.34. The average Bonchev–Trinajstić information content (AvgIpc) is 2.47. The van der Waals surface area contributed by atoms with Crippen molar-refractivity contribution in [2.24, 2.45) is 17.8 Å². The Kier molecular flexibility index (Phi) is 4.20. The lowest BCUT2D eigenvalue weighted by Gasteiger charge is -2.25. The summed E-state index contributed by atoms with van der Waals surface area (Å²) in [7, 11) is 3.87. The van der Waals surface area contributed by atoms with Crippen molar-refractivity contribution >= 4 is 0 Å². The molecule has 0 bridgehead atoms. The number of hydrogen-bond acceptors (Lipinski definition) is 2. The van der Waals surface area contributed by atoms with Gasteiger partial charge in [-0.25, -0.2) is 0 Å². The molecule has 1 aliphatic carbocycles. The number of nitrogens with one attached hydrogen (secondary N) is 1. The van der Waals surface area contributed by atoms with Crippen molar-refractivity contribution in [2.75, 3.05) is 20.8 Å². The molecule has 1 aliphatic rings. The zero-order valence-corrected chi connectivity index (χ0v) is 9.34. The second kappa shape index (κ2) is 4.97. The molecule has 0 aliphatic heterocycles. The summed E-state index contributed by atoms with van der Waals surface area (Å²) in [6.07, 6.45) is 2.69. The van der Waals surface area contributed by atoms with Gasteiger partial charge in [-0.05, 0) is 37.6 Å². The lowest BCUT2D eigenvalue weighted by molar-refractivity contribution is 0.115. The molecule has 0 aromatic heterocycles. The SMILES string of the molecule is CNC1CCC(C(C)COC)C1C. The summed E-state index contributed by atoms with van der Waals surface area (Å²) >= 11 is 0. The van der Waals surface area contributed by atoms with Gasteiger partial charge in [-0.15, -0.1) is 0 Å². The fraction of sp³-hybridized carbons (Fsp3) is 1.00. The van der Waals surface area contributed by atoms with Crippen LogP contribution >= 0.6 is 0 Å². The van der Waals surface area contributed by atoms with Gasteiger partial charge < -0.3 is 10.1 Å². The van der Waals surface area contributed by atoms with Crippen LogP contribution in [0.4, 0.5) is 0 Å². The zero-order chi connectivity index (χ0) is 9.84. The van der Waals surface area contributed by atoms with Gasteiger partial charge in [0.1, 0.15) is 0 Å². The van der Waals surface area contributed by atoms with Gasteiger partial charge in [-0.1, -0.05) is 13.8 Å². The van der Waals surface area contributed by atoms with Crippen LogP contribution in [0.15, 0.2) is 0 Å². The molecule has 0 spiro atoms. The number of ether oxygens (including phenoxy) is 1. The maximum absolute atomic E-state index is 5.21. The Morgan fingerprint density at radius 3 is 2.62 bits per heavy atom. The van der Waals surface area contributed by atoms with Crippen molar-refractivity contribution in [2.45, 2.75) is 32.7 Å². The number of hydrogen-bond donors (Lipinski definition) is 1. The smallest absolute Gasteiger partial charge is 0.0490 e. The van der Waals surface area contributed by atoms with Crippen molar-refractivity contribution in [3.63, 3.8) is 0 Å². The molecule has 4 unspecified atom stereocenters. The largest absolute Gasteiger partial charge is 0.384 e. The summed E-state index contributed by atoms with van der Waals surface area (Å²) in [5.74, 6) is 2.35. The topological polar surface area (TPSA) is 21.3 Å². The lowest BCUT2D eigenvalue weighted by atomic mass is 9.85. The molecule has 78 valence electrons. The molecule has 1 fully saturated rings. The van der Waals surface area contributed by atoms with Gasteiger partial charge in [0.25, 0.3) is 0 Å². The van der Waals surface area contributed by atoms with Crippen LogP contribution in [-0.4, -0.2) is 26.8 Å². The first-order valence-electron chi connectivity index (χ1n) is 5.37. The third kappa shape index (κ3) is 2.44. The van der Waals surface area contributed by atoms with Crippen molar-refractivity contribution in [3.8, 4) is 0 Å². The molecule has 0 aromatic carbocycles. The third-order valence-corrected chi connectivity index (χ3v) is 3.65. The highest BCUT2D eigenvalue weighted by atomic mass is 16.5. The Bertz CT molecular complexity index is 149. The minimum atomic E-state index is 0.707. The van der Waals surface area contributed by atoms with Crippen LogP contribution in [0.3, 0.4) is 0 Å². The van der Waals surface area contributed by atoms with Crippen molar-refractivity contribution in [3.05, 3.63) is 0 Å². The van der Waals surface area contributed by atoms with Crippen LogP contribution in [-0.2, 0) is 4.74 Å². The molecule has 0 heterocycles.